The molecule has 0 aliphatic rings. The van der Waals surface area contributed by atoms with Gasteiger partial charge in [0, 0.05) is 13.1 Å². The molecule has 0 spiro atoms. The molecule has 0 heterocycles. The van der Waals surface area contributed by atoms with Crippen LogP contribution in [0.3, 0.4) is 0 Å². The van der Waals surface area contributed by atoms with E-state index in [4.69, 9.17) is 4.74 Å². The maximum Gasteiger partial charge on any atom is 0.343 e. The molecule has 4 aromatic rings. The molecule has 154 valence electrons. The molecule has 0 aliphatic heterocycles. The Morgan fingerprint density at radius 3 is 1.77 bits per heavy atom. The van der Waals surface area contributed by atoms with Gasteiger partial charge in [-0.05, 0) is 47.9 Å². The smallest absolute Gasteiger partial charge is 0.343 e. The van der Waals surface area contributed by atoms with Crippen LogP contribution in [0.15, 0.2) is 109 Å². The second kappa shape index (κ2) is 9.77. The van der Waals surface area contributed by atoms with Crippen molar-refractivity contribution in [3.05, 3.63) is 131 Å². The number of nitrogens with zero attached hydrogens (tertiary/aromatic N) is 1. The van der Waals surface area contributed by atoms with Crippen LogP contribution in [0.25, 0.3) is 0 Å². The summed E-state index contributed by atoms with van der Waals surface area (Å²) in [5.41, 5.74) is 4.94. The molecule has 4 rings (SSSR count). The van der Waals surface area contributed by atoms with Crippen molar-refractivity contribution in [3.63, 3.8) is 0 Å². The van der Waals surface area contributed by atoms with Crippen LogP contribution < -0.4 is 9.64 Å². The Morgan fingerprint density at radius 2 is 1.23 bits per heavy atom. The Hall–Kier alpha value is -3.85. The van der Waals surface area contributed by atoms with Gasteiger partial charge in [-0.2, -0.15) is 0 Å². The summed E-state index contributed by atoms with van der Waals surface area (Å²) in [6.45, 7) is 3.46. The second-order valence-electron chi connectivity index (χ2n) is 7.55. The molecule has 0 radical (unpaired) electrons. The van der Waals surface area contributed by atoms with Gasteiger partial charge < -0.3 is 9.64 Å². The number of esters is 1. The summed E-state index contributed by atoms with van der Waals surface area (Å²) in [6.07, 6.45) is 0. The number of aryl methyl sites for hydroxylation is 1. The van der Waals surface area contributed by atoms with E-state index in [1.165, 1.54) is 11.1 Å². The highest BCUT2D eigenvalue weighted by molar-refractivity contribution is 5.91. The minimum absolute atomic E-state index is 0.356. The Morgan fingerprint density at radius 1 is 0.710 bits per heavy atom. The van der Waals surface area contributed by atoms with Gasteiger partial charge in [-0.25, -0.2) is 4.79 Å². The summed E-state index contributed by atoms with van der Waals surface area (Å²) in [5, 5.41) is 0. The predicted octanol–water partition coefficient (Wildman–Crippen LogP) is 6.42. The molecule has 0 aromatic heterocycles. The molecule has 3 heteroatoms. The van der Waals surface area contributed by atoms with Crippen LogP contribution in [0, 0.1) is 6.92 Å². The Bertz CT molecular complexity index is 1080. The molecular formula is C28H25NO2. The number of carbonyl (C=O) groups excluding carboxylic acids is 1. The van der Waals surface area contributed by atoms with Crippen molar-refractivity contribution in [2.45, 2.75) is 20.0 Å². The summed E-state index contributed by atoms with van der Waals surface area (Å²) in [7, 11) is 0. The first-order valence-electron chi connectivity index (χ1n) is 10.4. The number of benzene rings is 4. The van der Waals surface area contributed by atoms with Gasteiger partial charge in [-0.1, -0.05) is 84.9 Å². The highest BCUT2D eigenvalue weighted by Gasteiger charge is 2.17. The first-order chi connectivity index (χ1) is 15.2. The zero-order valence-electron chi connectivity index (χ0n) is 17.6. The molecule has 3 nitrogen and oxygen atoms in total. The molecule has 0 atom stereocenters. The van der Waals surface area contributed by atoms with E-state index in [0.29, 0.717) is 24.4 Å². The van der Waals surface area contributed by atoms with Crippen molar-refractivity contribution < 1.29 is 9.53 Å². The summed E-state index contributed by atoms with van der Waals surface area (Å²) in [4.78, 5) is 15.0. The van der Waals surface area contributed by atoms with Crippen LogP contribution in [0.1, 0.15) is 27.0 Å². The summed E-state index contributed by atoms with van der Waals surface area (Å²) < 4.78 is 5.86. The van der Waals surface area contributed by atoms with Gasteiger partial charge in [-0.3, -0.25) is 0 Å². The Labute approximate surface area is 183 Å². The normalized spacial score (nSPS) is 10.5. The average Bonchev–Trinajstić information content (AvgIpc) is 2.82. The molecule has 0 N–H and O–H groups in total. The van der Waals surface area contributed by atoms with Crippen molar-refractivity contribution >= 4 is 11.7 Å². The van der Waals surface area contributed by atoms with Crippen molar-refractivity contribution in [1.29, 1.82) is 0 Å². The topological polar surface area (TPSA) is 29.5 Å². The first-order valence-corrected chi connectivity index (χ1v) is 10.4. The minimum Gasteiger partial charge on any atom is -0.421 e. The van der Waals surface area contributed by atoms with Crippen molar-refractivity contribution in [2.24, 2.45) is 0 Å². The molecule has 0 saturated carbocycles. The average molecular weight is 408 g/mol. The number of carbonyl (C=O) groups is 1. The fourth-order valence-electron chi connectivity index (χ4n) is 3.53. The van der Waals surface area contributed by atoms with Gasteiger partial charge in [-0.15, -0.1) is 0 Å². The molecule has 31 heavy (non-hydrogen) atoms. The first kappa shape index (κ1) is 20.4. The number of anilines is 1. The summed E-state index contributed by atoms with van der Waals surface area (Å²) in [6, 6.07) is 35.7. The third kappa shape index (κ3) is 5.40. The third-order valence-electron chi connectivity index (χ3n) is 5.10. The lowest BCUT2D eigenvalue weighted by molar-refractivity contribution is 0.0735. The molecule has 4 aromatic carbocycles. The largest absolute Gasteiger partial charge is 0.421 e. The van der Waals surface area contributed by atoms with Gasteiger partial charge in [0.25, 0.3) is 0 Å². The number of rotatable bonds is 7. The maximum absolute atomic E-state index is 12.7. The summed E-state index contributed by atoms with van der Waals surface area (Å²) >= 11 is 0. The van der Waals surface area contributed by atoms with E-state index in [9.17, 15) is 4.79 Å². The molecule has 0 unspecified atom stereocenters. The number of ether oxygens (including phenoxy) is 1. The van der Waals surface area contributed by atoms with Crippen molar-refractivity contribution in [1.82, 2.24) is 0 Å². The quantitative estimate of drug-likeness (QED) is 0.261. The van der Waals surface area contributed by atoms with Gasteiger partial charge in [0.2, 0.25) is 0 Å². The Kier molecular flexibility index (Phi) is 6.44. The molecule has 0 amide bonds. The molecule has 0 saturated heterocycles. The van der Waals surface area contributed by atoms with E-state index >= 15 is 0 Å². The van der Waals surface area contributed by atoms with Crippen LogP contribution >= 0.6 is 0 Å². The van der Waals surface area contributed by atoms with Gasteiger partial charge >= 0.3 is 5.97 Å². The SMILES string of the molecule is Cc1ccc(OC(=O)c2ccccc2)c(N(Cc2ccccc2)Cc2ccccc2)c1. The third-order valence-corrected chi connectivity index (χ3v) is 5.10. The van der Waals surface area contributed by atoms with E-state index in [2.05, 4.69) is 42.2 Å². The van der Waals surface area contributed by atoms with Crippen LogP contribution in [0.4, 0.5) is 5.69 Å². The fourth-order valence-corrected chi connectivity index (χ4v) is 3.53. The van der Waals surface area contributed by atoms with Gasteiger partial charge in [0.05, 0.1) is 11.3 Å². The minimum atomic E-state index is -0.356. The number of hydrogen-bond donors (Lipinski definition) is 0. The molecule has 0 aliphatic carbocycles. The van der Waals surface area contributed by atoms with Gasteiger partial charge in [0.15, 0.2) is 5.75 Å². The van der Waals surface area contributed by atoms with E-state index in [1.807, 2.05) is 66.7 Å². The van der Waals surface area contributed by atoms with Crippen LogP contribution in [0.2, 0.25) is 0 Å². The zero-order chi connectivity index (χ0) is 21.5. The lowest BCUT2D eigenvalue weighted by atomic mass is 10.1. The van der Waals surface area contributed by atoms with E-state index in [0.717, 1.165) is 11.3 Å². The standard InChI is InChI=1S/C28H25NO2/c1-22-17-18-27(31-28(30)25-15-9-4-10-16-25)26(19-22)29(20-23-11-5-2-6-12-23)21-24-13-7-3-8-14-24/h2-19H,20-21H2,1H3. The molecule has 0 fully saturated rings. The van der Waals surface area contributed by atoms with Crippen LogP contribution in [0.5, 0.6) is 5.75 Å². The number of hydrogen-bond acceptors (Lipinski definition) is 3. The predicted molar refractivity (Wildman–Crippen MR) is 125 cm³/mol. The summed E-state index contributed by atoms with van der Waals surface area (Å²) in [5.74, 6) is 0.205. The molecule has 0 bridgehead atoms. The zero-order valence-corrected chi connectivity index (χ0v) is 17.6. The van der Waals surface area contributed by atoms with Crippen molar-refractivity contribution in [3.8, 4) is 5.75 Å². The van der Waals surface area contributed by atoms with Gasteiger partial charge in [0.1, 0.15) is 0 Å². The lowest BCUT2D eigenvalue weighted by Crippen LogP contribution is -2.23. The fraction of sp³-hybridized carbons (Fsp3) is 0.107. The monoisotopic (exact) mass is 407 g/mol. The van der Waals surface area contributed by atoms with Crippen LogP contribution in [-0.2, 0) is 13.1 Å². The second-order valence-corrected chi connectivity index (χ2v) is 7.55. The van der Waals surface area contributed by atoms with E-state index in [-0.39, 0.29) is 5.97 Å². The van der Waals surface area contributed by atoms with E-state index < -0.39 is 0 Å². The Balaban J connectivity index is 1.69. The molecular weight excluding hydrogens is 382 g/mol. The lowest BCUT2D eigenvalue weighted by Gasteiger charge is -2.27. The highest BCUT2D eigenvalue weighted by atomic mass is 16.5. The maximum atomic E-state index is 12.7. The highest BCUT2D eigenvalue weighted by Crippen LogP contribution is 2.32. The van der Waals surface area contributed by atoms with Crippen LogP contribution in [-0.4, -0.2) is 5.97 Å². The van der Waals surface area contributed by atoms with E-state index in [1.54, 1.807) is 12.1 Å². The van der Waals surface area contributed by atoms with Crippen molar-refractivity contribution in [2.75, 3.05) is 4.90 Å².